The molecule has 1 atom stereocenters. The maximum Gasteiger partial charge on any atom is 0.244 e. The number of pyridine rings is 1. The zero-order chi connectivity index (χ0) is 24.2. The minimum Gasteiger partial charge on any atom is -0.395 e. The van der Waals surface area contributed by atoms with E-state index in [0.29, 0.717) is 19.4 Å². The maximum atomic E-state index is 13.5. The molecule has 4 heterocycles. The van der Waals surface area contributed by atoms with Gasteiger partial charge in [0.15, 0.2) is 0 Å². The van der Waals surface area contributed by atoms with Gasteiger partial charge in [0.25, 0.3) is 0 Å². The number of sulfonamides is 1. The average Bonchev–Trinajstić information content (AvgIpc) is 3.24. The van der Waals surface area contributed by atoms with Crippen LogP contribution in [-0.4, -0.2) is 65.4 Å². The standard InChI is InChI=1S/C25H26FN5O3S/c26-20-2-4-21(5-3-20)31-23-12-19-8-11-30(16-25(19,17-32)13-18(23)14-28-31)35(33,34)22-6-7-24(27-15-22)29-9-1-10-29/h2-7,12,14-15,32H,1,8-11,13,16-17H2. The van der Waals surface area contributed by atoms with Crippen molar-refractivity contribution in [2.24, 2.45) is 5.41 Å². The number of halogens is 1. The van der Waals surface area contributed by atoms with Gasteiger partial charge in [0.05, 0.1) is 24.2 Å². The van der Waals surface area contributed by atoms with Gasteiger partial charge in [0.1, 0.15) is 16.5 Å². The molecular weight excluding hydrogens is 469 g/mol. The Labute approximate surface area is 203 Å². The van der Waals surface area contributed by atoms with E-state index in [-0.39, 0.29) is 23.9 Å². The summed E-state index contributed by atoms with van der Waals surface area (Å²) in [7, 11) is -3.75. The normalized spacial score (nSPS) is 22.2. The van der Waals surface area contributed by atoms with Gasteiger partial charge in [0, 0.05) is 37.8 Å². The highest BCUT2D eigenvalue weighted by Crippen LogP contribution is 2.45. The van der Waals surface area contributed by atoms with Crippen LogP contribution >= 0.6 is 0 Å². The lowest BCUT2D eigenvalue weighted by Gasteiger charge is -2.45. The molecule has 0 radical (unpaired) electrons. The van der Waals surface area contributed by atoms with Crippen molar-refractivity contribution >= 4 is 21.9 Å². The van der Waals surface area contributed by atoms with Crippen LogP contribution in [0.15, 0.2) is 59.3 Å². The van der Waals surface area contributed by atoms with Crippen molar-refractivity contribution in [2.75, 3.05) is 37.7 Å². The van der Waals surface area contributed by atoms with Gasteiger partial charge in [-0.25, -0.2) is 22.5 Å². The Kier molecular flexibility index (Phi) is 5.28. The summed E-state index contributed by atoms with van der Waals surface area (Å²) in [6, 6.07) is 9.52. The fourth-order valence-electron chi connectivity index (χ4n) is 5.24. The van der Waals surface area contributed by atoms with Crippen LogP contribution in [0.2, 0.25) is 0 Å². The smallest absolute Gasteiger partial charge is 0.244 e. The first-order chi connectivity index (χ1) is 16.9. The third-order valence-corrected chi connectivity index (χ3v) is 9.26. The molecule has 2 aliphatic heterocycles. The lowest BCUT2D eigenvalue weighted by molar-refractivity contribution is 0.111. The van der Waals surface area contributed by atoms with Crippen LogP contribution in [-0.2, 0) is 16.4 Å². The molecular formula is C25H26FN5O3S. The zero-order valence-corrected chi connectivity index (χ0v) is 20.0. The number of nitrogens with zero attached hydrogens (tertiary/aromatic N) is 5. The third kappa shape index (κ3) is 3.67. The van der Waals surface area contributed by atoms with Gasteiger partial charge in [-0.2, -0.15) is 9.40 Å². The molecule has 1 aliphatic carbocycles. The van der Waals surface area contributed by atoms with Crippen LogP contribution in [0.4, 0.5) is 10.2 Å². The first-order valence-corrected chi connectivity index (χ1v) is 13.2. The summed E-state index contributed by atoms with van der Waals surface area (Å²) in [6.45, 7) is 2.23. The highest BCUT2D eigenvalue weighted by atomic mass is 32.2. The molecule has 3 aliphatic rings. The van der Waals surface area contributed by atoms with Crippen LogP contribution in [0.5, 0.6) is 0 Å². The molecule has 1 N–H and O–H groups in total. The molecule has 0 spiro atoms. The number of benzene rings is 1. The van der Waals surface area contributed by atoms with Crippen molar-refractivity contribution in [2.45, 2.75) is 24.2 Å². The summed E-state index contributed by atoms with van der Waals surface area (Å²) >= 11 is 0. The Bertz CT molecular complexity index is 1400. The molecule has 3 aromatic rings. The molecule has 1 aromatic carbocycles. The van der Waals surface area contributed by atoms with Crippen LogP contribution in [0, 0.1) is 11.2 Å². The molecule has 2 aromatic heterocycles. The van der Waals surface area contributed by atoms with E-state index in [1.165, 1.54) is 22.6 Å². The monoisotopic (exact) mass is 495 g/mol. The first kappa shape index (κ1) is 22.4. The minimum atomic E-state index is -3.75. The van der Waals surface area contributed by atoms with E-state index in [1.54, 1.807) is 35.1 Å². The fourth-order valence-corrected chi connectivity index (χ4v) is 6.71. The van der Waals surface area contributed by atoms with Gasteiger partial charge in [-0.05, 0) is 67.3 Å². The van der Waals surface area contributed by atoms with Crippen molar-refractivity contribution in [3.63, 3.8) is 0 Å². The van der Waals surface area contributed by atoms with Crippen molar-refractivity contribution in [1.82, 2.24) is 19.1 Å². The second kappa shape index (κ2) is 8.25. The highest BCUT2D eigenvalue weighted by Gasteiger charge is 2.45. The van der Waals surface area contributed by atoms with Gasteiger partial charge in [0.2, 0.25) is 10.0 Å². The number of hydrogen-bond acceptors (Lipinski definition) is 6. The van der Waals surface area contributed by atoms with Crippen molar-refractivity contribution in [1.29, 1.82) is 0 Å². The average molecular weight is 496 g/mol. The molecule has 1 unspecified atom stereocenters. The molecule has 2 fully saturated rings. The lowest BCUT2D eigenvalue weighted by Crippen LogP contribution is -2.51. The Morgan fingerprint density at radius 3 is 2.51 bits per heavy atom. The largest absolute Gasteiger partial charge is 0.395 e. The number of aliphatic hydroxyl groups excluding tert-OH is 1. The van der Waals surface area contributed by atoms with E-state index in [2.05, 4.69) is 15.0 Å². The van der Waals surface area contributed by atoms with Crippen LogP contribution < -0.4 is 4.90 Å². The van der Waals surface area contributed by atoms with Gasteiger partial charge >= 0.3 is 0 Å². The molecule has 6 rings (SSSR count). The Hall–Kier alpha value is -3.08. The second-order valence-electron chi connectivity index (χ2n) is 9.51. The molecule has 0 amide bonds. The van der Waals surface area contributed by atoms with Crippen LogP contribution in [0.3, 0.4) is 0 Å². The van der Waals surface area contributed by atoms with Crippen molar-refractivity contribution < 1.29 is 17.9 Å². The SMILES string of the molecule is O=S(=O)(c1ccc(N2CCC2)nc1)N1CCC2=Cc3c(cnn3-c3ccc(F)cc3)CC2(CO)C1. The lowest BCUT2D eigenvalue weighted by atomic mass is 9.69. The molecule has 8 nitrogen and oxygen atoms in total. The molecule has 182 valence electrons. The number of fused-ring (bicyclic) bond motifs is 2. The van der Waals surface area contributed by atoms with E-state index in [4.69, 9.17) is 0 Å². The molecule has 10 heteroatoms. The predicted molar refractivity (Wildman–Crippen MR) is 129 cm³/mol. The predicted octanol–water partition coefficient (Wildman–Crippen LogP) is 2.63. The molecule has 35 heavy (non-hydrogen) atoms. The zero-order valence-electron chi connectivity index (χ0n) is 19.1. The first-order valence-electron chi connectivity index (χ1n) is 11.8. The summed E-state index contributed by atoms with van der Waals surface area (Å²) in [5, 5.41) is 15.0. The molecule has 0 bridgehead atoms. The number of aromatic nitrogens is 3. The minimum absolute atomic E-state index is 0.168. The summed E-state index contributed by atoms with van der Waals surface area (Å²) in [6.07, 6.45) is 7.30. The number of anilines is 1. The number of rotatable bonds is 5. The van der Waals surface area contributed by atoms with E-state index < -0.39 is 15.4 Å². The Morgan fingerprint density at radius 2 is 1.86 bits per heavy atom. The number of piperidine rings is 1. The molecule has 0 saturated carbocycles. The third-order valence-electron chi connectivity index (χ3n) is 7.43. The Morgan fingerprint density at radius 1 is 1.06 bits per heavy atom. The van der Waals surface area contributed by atoms with E-state index >= 15 is 0 Å². The van der Waals surface area contributed by atoms with Gasteiger partial charge < -0.3 is 10.0 Å². The summed E-state index contributed by atoms with van der Waals surface area (Å²) < 4.78 is 43.6. The van der Waals surface area contributed by atoms with Gasteiger partial charge in [-0.1, -0.05) is 5.57 Å². The summed E-state index contributed by atoms with van der Waals surface area (Å²) in [5.41, 5.74) is 2.86. The van der Waals surface area contributed by atoms with E-state index in [9.17, 15) is 17.9 Å². The topological polar surface area (TPSA) is 91.6 Å². The van der Waals surface area contributed by atoms with Gasteiger partial charge in [-0.3, -0.25) is 0 Å². The number of hydrogen-bond donors (Lipinski definition) is 1. The van der Waals surface area contributed by atoms with Gasteiger partial charge in [-0.15, -0.1) is 0 Å². The summed E-state index contributed by atoms with van der Waals surface area (Å²) in [5.74, 6) is 0.482. The Balaban J connectivity index is 1.28. The maximum absolute atomic E-state index is 13.5. The quantitative estimate of drug-likeness (QED) is 0.585. The fraction of sp³-hybridized carbons (Fsp3) is 0.360. The van der Waals surface area contributed by atoms with Crippen LogP contribution in [0.25, 0.3) is 11.8 Å². The van der Waals surface area contributed by atoms with Crippen LogP contribution in [0.1, 0.15) is 24.1 Å². The van der Waals surface area contributed by atoms with Crippen molar-refractivity contribution in [3.8, 4) is 5.69 Å². The van der Waals surface area contributed by atoms with E-state index in [1.807, 2.05) is 6.08 Å². The highest BCUT2D eigenvalue weighted by molar-refractivity contribution is 7.89. The second-order valence-corrected chi connectivity index (χ2v) is 11.4. The summed E-state index contributed by atoms with van der Waals surface area (Å²) in [4.78, 5) is 6.65. The van der Waals surface area contributed by atoms with Crippen molar-refractivity contribution in [3.05, 3.63) is 71.4 Å². The molecule has 2 saturated heterocycles. The number of aliphatic hydroxyl groups is 1. The van der Waals surface area contributed by atoms with E-state index in [0.717, 1.165) is 47.8 Å².